The van der Waals surface area contributed by atoms with Crippen LogP contribution in [0.15, 0.2) is 36.5 Å². The lowest BCUT2D eigenvalue weighted by Gasteiger charge is -2.02. The molecule has 0 heterocycles. The van der Waals surface area contributed by atoms with Gasteiger partial charge >= 0.3 is 5.97 Å². The number of carbonyl (C=O) groups is 1. The summed E-state index contributed by atoms with van der Waals surface area (Å²) < 4.78 is 0. The third-order valence-electron chi connectivity index (χ3n) is 5.78. The van der Waals surface area contributed by atoms with Gasteiger partial charge in [-0.2, -0.15) is 0 Å². The molecule has 0 radical (unpaired) electrons. The Kier molecular flexibility index (Phi) is 25.6. The SMILES string of the molecule is CCCCCCCC=CCC=CCC=CCCCCCCCCCCCCCC(=O)O. The fourth-order valence-corrected chi connectivity index (χ4v) is 3.77. The molecule has 0 unspecified atom stereocenters. The van der Waals surface area contributed by atoms with Gasteiger partial charge in [-0.15, -0.1) is 0 Å². The van der Waals surface area contributed by atoms with Crippen LogP contribution in [-0.2, 0) is 4.79 Å². The first-order chi connectivity index (χ1) is 15.3. The van der Waals surface area contributed by atoms with Gasteiger partial charge in [0.05, 0.1) is 0 Å². The molecule has 0 saturated heterocycles. The number of aliphatic carboxylic acids is 1. The van der Waals surface area contributed by atoms with Crippen LogP contribution in [-0.4, -0.2) is 11.1 Å². The molecule has 0 fully saturated rings. The number of allylic oxidation sites excluding steroid dienone is 6. The van der Waals surface area contributed by atoms with Gasteiger partial charge in [0.2, 0.25) is 0 Å². The minimum Gasteiger partial charge on any atom is -0.481 e. The molecule has 1 N–H and O–H groups in total. The number of unbranched alkanes of at least 4 members (excludes halogenated alkanes) is 16. The molecular formula is C29H52O2. The van der Waals surface area contributed by atoms with Crippen molar-refractivity contribution in [3.05, 3.63) is 36.5 Å². The summed E-state index contributed by atoms with van der Waals surface area (Å²) in [5.41, 5.74) is 0. The zero-order valence-electron chi connectivity index (χ0n) is 20.7. The Morgan fingerprint density at radius 3 is 1.29 bits per heavy atom. The molecule has 0 aromatic heterocycles. The molecule has 31 heavy (non-hydrogen) atoms. The molecule has 0 saturated carbocycles. The van der Waals surface area contributed by atoms with E-state index in [1.165, 1.54) is 103 Å². The largest absolute Gasteiger partial charge is 0.481 e. The quantitative estimate of drug-likeness (QED) is 0.122. The Balaban J connectivity index is 3.22. The second kappa shape index (κ2) is 26.7. The van der Waals surface area contributed by atoms with Gasteiger partial charge in [-0.3, -0.25) is 4.79 Å². The normalized spacial score (nSPS) is 12.0. The van der Waals surface area contributed by atoms with Crippen LogP contribution in [0.5, 0.6) is 0 Å². The summed E-state index contributed by atoms with van der Waals surface area (Å²) in [6.07, 6.45) is 39.5. The summed E-state index contributed by atoms with van der Waals surface area (Å²) in [4.78, 5) is 10.4. The molecule has 2 nitrogen and oxygen atoms in total. The maximum atomic E-state index is 10.4. The van der Waals surface area contributed by atoms with Crippen molar-refractivity contribution in [1.29, 1.82) is 0 Å². The lowest BCUT2D eigenvalue weighted by Crippen LogP contribution is -1.93. The highest BCUT2D eigenvalue weighted by Gasteiger charge is 1.96. The van der Waals surface area contributed by atoms with Crippen molar-refractivity contribution in [3.63, 3.8) is 0 Å². The van der Waals surface area contributed by atoms with Crippen LogP contribution < -0.4 is 0 Å². The average molecular weight is 433 g/mol. The Labute approximate surface area is 194 Å². The molecular weight excluding hydrogens is 380 g/mol. The number of rotatable bonds is 24. The molecule has 0 spiro atoms. The predicted octanol–water partition coefficient (Wildman–Crippen LogP) is 9.95. The van der Waals surface area contributed by atoms with Gasteiger partial charge in [0, 0.05) is 6.42 Å². The molecule has 0 aromatic rings. The predicted molar refractivity (Wildman–Crippen MR) is 138 cm³/mol. The molecule has 0 aliphatic heterocycles. The lowest BCUT2D eigenvalue weighted by atomic mass is 10.0. The topological polar surface area (TPSA) is 37.3 Å². The second-order valence-corrected chi connectivity index (χ2v) is 8.91. The summed E-state index contributed by atoms with van der Waals surface area (Å²) in [6, 6.07) is 0. The number of hydrogen-bond donors (Lipinski definition) is 1. The van der Waals surface area contributed by atoms with Crippen molar-refractivity contribution in [2.45, 2.75) is 142 Å². The Morgan fingerprint density at radius 1 is 0.516 bits per heavy atom. The number of hydrogen-bond acceptors (Lipinski definition) is 1. The van der Waals surface area contributed by atoms with Crippen LogP contribution in [0.2, 0.25) is 0 Å². The van der Waals surface area contributed by atoms with E-state index in [4.69, 9.17) is 5.11 Å². The minimum atomic E-state index is -0.658. The van der Waals surface area contributed by atoms with Crippen LogP contribution in [0.4, 0.5) is 0 Å². The van der Waals surface area contributed by atoms with E-state index in [1.54, 1.807) is 0 Å². The van der Waals surface area contributed by atoms with E-state index in [-0.39, 0.29) is 0 Å². The van der Waals surface area contributed by atoms with Gasteiger partial charge in [-0.1, -0.05) is 127 Å². The third-order valence-corrected chi connectivity index (χ3v) is 5.78. The summed E-state index contributed by atoms with van der Waals surface area (Å²) in [6.45, 7) is 2.27. The highest BCUT2D eigenvalue weighted by molar-refractivity contribution is 5.66. The maximum absolute atomic E-state index is 10.4. The maximum Gasteiger partial charge on any atom is 0.303 e. The van der Waals surface area contributed by atoms with E-state index in [0.29, 0.717) is 6.42 Å². The molecule has 0 atom stereocenters. The smallest absolute Gasteiger partial charge is 0.303 e. The van der Waals surface area contributed by atoms with Gasteiger partial charge in [0.25, 0.3) is 0 Å². The van der Waals surface area contributed by atoms with Gasteiger partial charge in [0.15, 0.2) is 0 Å². The van der Waals surface area contributed by atoms with E-state index < -0.39 is 5.97 Å². The molecule has 0 aliphatic carbocycles. The second-order valence-electron chi connectivity index (χ2n) is 8.91. The van der Waals surface area contributed by atoms with Gasteiger partial charge in [0.1, 0.15) is 0 Å². The standard InChI is InChI=1S/C29H52O2/c1-2-3-4-5-6-7-8-9-10-11-12-13-14-15-16-17-18-19-20-21-22-23-24-25-26-27-28-29(30)31/h8-9,11-12,14-15H,2-7,10,13,16-28H2,1H3,(H,30,31). The van der Waals surface area contributed by atoms with Crippen molar-refractivity contribution in [1.82, 2.24) is 0 Å². The summed E-state index contributed by atoms with van der Waals surface area (Å²) >= 11 is 0. The van der Waals surface area contributed by atoms with Crippen molar-refractivity contribution in [2.24, 2.45) is 0 Å². The lowest BCUT2D eigenvalue weighted by molar-refractivity contribution is -0.137. The monoisotopic (exact) mass is 432 g/mol. The van der Waals surface area contributed by atoms with Crippen LogP contribution in [0.1, 0.15) is 142 Å². The molecule has 180 valence electrons. The van der Waals surface area contributed by atoms with E-state index in [9.17, 15) is 4.79 Å². The molecule has 0 aromatic carbocycles. The van der Waals surface area contributed by atoms with Gasteiger partial charge < -0.3 is 5.11 Å². The van der Waals surface area contributed by atoms with Crippen LogP contribution in [0.3, 0.4) is 0 Å². The summed E-state index contributed by atoms with van der Waals surface area (Å²) in [7, 11) is 0. The number of carboxylic acid groups (broad SMARTS) is 1. The average Bonchev–Trinajstić information content (AvgIpc) is 2.76. The zero-order chi connectivity index (χ0) is 22.7. The van der Waals surface area contributed by atoms with Crippen molar-refractivity contribution in [2.75, 3.05) is 0 Å². The van der Waals surface area contributed by atoms with Crippen molar-refractivity contribution >= 4 is 5.97 Å². The van der Waals surface area contributed by atoms with Crippen LogP contribution >= 0.6 is 0 Å². The molecule has 0 bridgehead atoms. The molecule has 2 heteroatoms. The van der Waals surface area contributed by atoms with E-state index >= 15 is 0 Å². The zero-order valence-corrected chi connectivity index (χ0v) is 20.7. The van der Waals surface area contributed by atoms with Crippen LogP contribution in [0.25, 0.3) is 0 Å². The fraction of sp³-hybridized carbons (Fsp3) is 0.759. The van der Waals surface area contributed by atoms with E-state index in [2.05, 4.69) is 43.4 Å². The Hall–Kier alpha value is -1.31. The first-order valence-electron chi connectivity index (χ1n) is 13.4. The Bertz CT molecular complexity index is 448. The first-order valence-corrected chi connectivity index (χ1v) is 13.4. The van der Waals surface area contributed by atoms with Gasteiger partial charge in [-0.25, -0.2) is 0 Å². The molecule has 0 aliphatic rings. The highest BCUT2D eigenvalue weighted by atomic mass is 16.4. The fourth-order valence-electron chi connectivity index (χ4n) is 3.77. The summed E-state index contributed by atoms with van der Waals surface area (Å²) in [5, 5.41) is 8.59. The van der Waals surface area contributed by atoms with Gasteiger partial charge in [-0.05, 0) is 44.9 Å². The van der Waals surface area contributed by atoms with E-state index in [0.717, 1.165) is 25.7 Å². The van der Waals surface area contributed by atoms with Crippen LogP contribution in [0, 0.1) is 0 Å². The minimum absolute atomic E-state index is 0.336. The van der Waals surface area contributed by atoms with Crippen molar-refractivity contribution < 1.29 is 9.90 Å². The Morgan fingerprint density at radius 2 is 0.871 bits per heavy atom. The first kappa shape index (κ1) is 29.7. The third kappa shape index (κ3) is 28.7. The summed E-state index contributed by atoms with van der Waals surface area (Å²) in [5.74, 6) is -0.658. The highest BCUT2D eigenvalue weighted by Crippen LogP contribution is 2.12. The number of carboxylic acids is 1. The molecule has 0 amide bonds. The molecule has 0 rings (SSSR count). The van der Waals surface area contributed by atoms with E-state index in [1.807, 2.05) is 0 Å². The van der Waals surface area contributed by atoms with Crippen molar-refractivity contribution in [3.8, 4) is 0 Å².